The van der Waals surface area contributed by atoms with E-state index < -0.39 is 24.1 Å². The molecule has 0 bridgehead atoms. The predicted molar refractivity (Wildman–Crippen MR) is 255 cm³/mol. The minimum atomic E-state index is -1.17. The third kappa shape index (κ3) is 14.4. The molecule has 0 saturated carbocycles. The SMILES string of the molecule is C1COCCN1.CC1CN(CC(=O)N2CC(C)(C)c3nc(CO)c(Cc4ccc(F)cc4)cc32)[C@@H](C)CN1.O=CNCCCNC(=O)COc1c(-c2csc(N3CCOCC3)n2)ccc(F)c1F. The average Bonchev–Trinajstić information content (AvgIpc) is 3.94. The standard InChI is InChI=1S/C25H33FN4O2.C19H22F2N4O4S.C4H9NO/c1-16-12-29(17(2)11-27-16)13-23(32)30-15-25(3,4)24-22(30)10-19(21(14-31)28-24)9-18-5-7-20(26)8-6-18;20-14-3-2-13(15-11-30-19(24-15)25-6-8-28-9-7-25)18(17(14)21)29-10-16(27)23-5-1-4-22-12-26;1-3-6-4-2-5-1/h5-8,10,16-17,27,31H,9,11-15H2,1-4H3;2-3,11-12H,1,4-10H2,(H,22,26)(H,23,27);5H,1-4H2/t16?,17-;;/m0../s1. The fraction of sp³-hybridized carbons (Fsp3) is 0.521. The van der Waals surface area contributed by atoms with Crippen LogP contribution in [-0.2, 0) is 42.3 Å². The number of morpholine rings is 2. The minimum Gasteiger partial charge on any atom is -0.480 e. The Labute approximate surface area is 399 Å². The number of pyridine rings is 1. The van der Waals surface area contributed by atoms with E-state index in [1.807, 2.05) is 11.0 Å². The number of carbonyl (C=O) groups excluding carboxylic acids is 3. The molecule has 3 saturated heterocycles. The van der Waals surface area contributed by atoms with Crippen molar-refractivity contribution in [1.82, 2.24) is 36.1 Å². The molecule has 68 heavy (non-hydrogen) atoms. The van der Waals surface area contributed by atoms with Gasteiger partial charge in [0.25, 0.3) is 5.91 Å². The number of nitrogens with zero attached hydrogens (tertiary/aromatic N) is 5. The van der Waals surface area contributed by atoms with E-state index in [9.17, 15) is 32.7 Å². The topological polar surface area (TPSA) is 183 Å². The fourth-order valence-electron chi connectivity index (χ4n) is 8.10. The quantitative estimate of drug-likeness (QED) is 0.0859. The summed E-state index contributed by atoms with van der Waals surface area (Å²) in [7, 11) is 0. The van der Waals surface area contributed by atoms with Crippen LogP contribution in [0.15, 0.2) is 47.8 Å². The Balaban J connectivity index is 0.000000199. The fourth-order valence-corrected chi connectivity index (χ4v) is 8.97. The van der Waals surface area contributed by atoms with Gasteiger partial charge in [0, 0.05) is 87.3 Å². The van der Waals surface area contributed by atoms with E-state index >= 15 is 0 Å². The highest BCUT2D eigenvalue weighted by Gasteiger charge is 2.41. The Morgan fingerprint density at radius 1 is 1.01 bits per heavy atom. The van der Waals surface area contributed by atoms with Gasteiger partial charge in [-0.05, 0) is 68.1 Å². The molecular formula is C48H64F3N9O7S. The van der Waals surface area contributed by atoms with Gasteiger partial charge in [0.15, 0.2) is 23.3 Å². The average molecular weight is 968 g/mol. The van der Waals surface area contributed by atoms with Crippen LogP contribution in [0.4, 0.5) is 24.0 Å². The zero-order valence-corrected chi connectivity index (χ0v) is 40.1. The Bertz CT molecular complexity index is 2270. The number of nitrogens with one attached hydrogen (secondary N) is 4. The highest BCUT2D eigenvalue weighted by atomic mass is 32.1. The summed E-state index contributed by atoms with van der Waals surface area (Å²) in [6.45, 7) is 17.6. The van der Waals surface area contributed by atoms with Crippen molar-refractivity contribution in [3.8, 4) is 17.0 Å². The molecule has 4 aromatic rings. The van der Waals surface area contributed by atoms with Crippen molar-refractivity contribution in [3.05, 3.63) is 87.8 Å². The van der Waals surface area contributed by atoms with Crippen LogP contribution < -0.4 is 35.8 Å². The van der Waals surface area contributed by atoms with Gasteiger partial charge in [0.05, 0.1) is 62.3 Å². The van der Waals surface area contributed by atoms with E-state index in [4.69, 9.17) is 19.2 Å². The van der Waals surface area contributed by atoms with Crippen LogP contribution in [0, 0.1) is 17.5 Å². The van der Waals surface area contributed by atoms with Crippen LogP contribution in [0.5, 0.6) is 5.75 Å². The van der Waals surface area contributed by atoms with Gasteiger partial charge in [-0.25, -0.2) is 13.8 Å². The molecule has 3 amide bonds. The number of fused-ring (bicyclic) bond motifs is 1. The number of amides is 3. The number of halogens is 3. The van der Waals surface area contributed by atoms with Gasteiger partial charge in [-0.3, -0.25) is 24.3 Å². The first kappa shape index (κ1) is 52.2. The number of piperazine rings is 1. The zero-order valence-electron chi connectivity index (χ0n) is 39.3. The summed E-state index contributed by atoms with van der Waals surface area (Å²) in [5, 5.41) is 24.1. The highest BCUT2D eigenvalue weighted by Crippen LogP contribution is 2.41. The monoisotopic (exact) mass is 967 g/mol. The smallest absolute Gasteiger partial charge is 0.257 e. The molecule has 0 aliphatic carbocycles. The molecule has 20 heteroatoms. The van der Waals surface area contributed by atoms with Gasteiger partial charge in [-0.2, -0.15) is 4.39 Å². The van der Waals surface area contributed by atoms with Gasteiger partial charge >= 0.3 is 0 Å². The van der Waals surface area contributed by atoms with Crippen LogP contribution >= 0.6 is 11.3 Å². The maximum atomic E-state index is 14.4. The van der Waals surface area contributed by atoms with Crippen molar-refractivity contribution in [3.63, 3.8) is 0 Å². The number of hydrogen-bond donors (Lipinski definition) is 5. The largest absolute Gasteiger partial charge is 0.480 e. The molecule has 16 nitrogen and oxygen atoms in total. The summed E-state index contributed by atoms with van der Waals surface area (Å²) < 4.78 is 57.2. The number of carbonyl (C=O) groups is 3. The highest BCUT2D eigenvalue weighted by molar-refractivity contribution is 7.14. The molecule has 8 rings (SSSR count). The maximum absolute atomic E-state index is 14.4. The number of anilines is 2. The van der Waals surface area contributed by atoms with E-state index in [0.717, 1.165) is 73.1 Å². The molecule has 0 spiro atoms. The Hall–Kier alpha value is -5.22. The third-order valence-electron chi connectivity index (χ3n) is 11.8. The van der Waals surface area contributed by atoms with Gasteiger partial charge in [0.1, 0.15) is 5.82 Å². The third-order valence-corrected chi connectivity index (χ3v) is 12.7. The lowest BCUT2D eigenvalue weighted by Crippen LogP contribution is -2.56. The number of aromatic nitrogens is 2. The summed E-state index contributed by atoms with van der Waals surface area (Å²) in [5.41, 5.74) is 4.48. The molecule has 6 heterocycles. The number of hydrogen-bond acceptors (Lipinski definition) is 14. The maximum Gasteiger partial charge on any atom is 0.257 e. The van der Waals surface area contributed by atoms with Crippen LogP contribution in [0.2, 0.25) is 0 Å². The van der Waals surface area contributed by atoms with Gasteiger partial charge in [0.2, 0.25) is 18.1 Å². The minimum absolute atomic E-state index is 0.0732. The number of aliphatic hydroxyl groups is 1. The van der Waals surface area contributed by atoms with Gasteiger partial charge in [-0.1, -0.05) is 26.0 Å². The first-order valence-corrected chi connectivity index (χ1v) is 23.9. The lowest BCUT2D eigenvalue weighted by Gasteiger charge is -2.37. The molecule has 2 atom stereocenters. The van der Waals surface area contributed by atoms with E-state index in [2.05, 4.69) is 63.7 Å². The second kappa shape index (κ2) is 25.4. The second-order valence-corrected chi connectivity index (χ2v) is 18.5. The molecule has 2 aromatic carbocycles. The molecule has 5 N–H and O–H groups in total. The molecule has 0 radical (unpaired) electrons. The number of thiazole rings is 1. The van der Waals surface area contributed by atoms with Crippen molar-refractivity contribution in [2.75, 3.05) is 108 Å². The Morgan fingerprint density at radius 2 is 1.75 bits per heavy atom. The van der Waals surface area contributed by atoms with Crippen LogP contribution in [0.3, 0.4) is 0 Å². The Kier molecular flexibility index (Phi) is 19.5. The number of aliphatic hydroxyl groups excluding tert-OH is 1. The number of benzene rings is 2. The Morgan fingerprint density at radius 3 is 2.43 bits per heavy atom. The predicted octanol–water partition coefficient (Wildman–Crippen LogP) is 3.77. The van der Waals surface area contributed by atoms with Crippen molar-refractivity contribution in [2.45, 2.75) is 64.6 Å². The molecule has 4 aliphatic heterocycles. The van der Waals surface area contributed by atoms with Crippen molar-refractivity contribution in [2.24, 2.45) is 0 Å². The first-order valence-electron chi connectivity index (χ1n) is 23.1. The molecule has 4 aliphatic rings. The molecule has 1 unspecified atom stereocenters. The zero-order chi connectivity index (χ0) is 48.6. The van der Waals surface area contributed by atoms with E-state index in [0.29, 0.717) is 95.2 Å². The molecular weight excluding hydrogens is 904 g/mol. The van der Waals surface area contributed by atoms with Crippen LogP contribution in [-0.4, -0.2) is 149 Å². The lowest BCUT2D eigenvalue weighted by atomic mass is 9.90. The van der Waals surface area contributed by atoms with Crippen molar-refractivity contribution in [1.29, 1.82) is 0 Å². The molecule has 3 fully saturated rings. The lowest BCUT2D eigenvalue weighted by molar-refractivity contribution is -0.123. The molecule has 370 valence electrons. The van der Waals surface area contributed by atoms with Gasteiger partial charge < -0.3 is 50.4 Å². The normalized spacial score (nSPS) is 18.9. The summed E-state index contributed by atoms with van der Waals surface area (Å²) in [5.74, 6) is -3.29. The summed E-state index contributed by atoms with van der Waals surface area (Å²) in [6.07, 6.45) is 1.63. The van der Waals surface area contributed by atoms with Crippen LogP contribution in [0.25, 0.3) is 11.3 Å². The van der Waals surface area contributed by atoms with E-state index in [1.165, 1.54) is 29.5 Å². The molecule has 2 aromatic heterocycles. The van der Waals surface area contributed by atoms with Crippen molar-refractivity contribution < 1.29 is 46.9 Å². The van der Waals surface area contributed by atoms with E-state index in [1.54, 1.807) is 17.5 Å². The van der Waals surface area contributed by atoms with Crippen molar-refractivity contribution >= 4 is 40.4 Å². The second-order valence-electron chi connectivity index (χ2n) is 17.7. The van der Waals surface area contributed by atoms with Crippen LogP contribution in [0.1, 0.15) is 56.6 Å². The summed E-state index contributed by atoms with van der Waals surface area (Å²) in [6, 6.07) is 11.4. The number of ether oxygens (including phenoxy) is 3. The first-order chi connectivity index (χ1) is 32.8. The summed E-state index contributed by atoms with van der Waals surface area (Å²) >= 11 is 1.39. The summed E-state index contributed by atoms with van der Waals surface area (Å²) in [4.78, 5) is 51.0. The van der Waals surface area contributed by atoms with Gasteiger partial charge in [-0.15, -0.1) is 11.3 Å². The number of rotatable bonds is 15. The van der Waals surface area contributed by atoms with E-state index in [-0.39, 0.29) is 35.1 Å².